The highest BCUT2D eigenvalue weighted by Crippen LogP contribution is 2.28. The molecule has 1 N–H and O–H groups in total. The molecule has 0 fully saturated rings. The molecule has 2 aromatic rings. The van der Waals surface area contributed by atoms with Crippen molar-refractivity contribution in [1.82, 2.24) is 9.78 Å². The topological polar surface area (TPSA) is 38.0 Å². The first-order chi connectivity index (χ1) is 7.22. The van der Waals surface area contributed by atoms with Crippen molar-refractivity contribution in [3.63, 3.8) is 0 Å². The number of hydrogen-bond acceptors (Lipinski definition) is 2. The molecule has 1 aromatic heterocycles. The van der Waals surface area contributed by atoms with Crippen molar-refractivity contribution in [1.29, 1.82) is 0 Å². The fourth-order valence-electron chi connectivity index (χ4n) is 1.69. The van der Waals surface area contributed by atoms with E-state index in [-0.39, 0.29) is 0 Å². The first-order valence-corrected chi connectivity index (χ1v) is 5.05. The van der Waals surface area contributed by atoms with Gasteiger partial charge in [0, 0.05) is 12.1 Å². The van der Waals surface area contributed by atoms with Crippen LogP contribution in [0.2, 0.25) is 0 Å². The summed E-state index contributed by atoms with van der Waals surface area (Å²) < 4.78 is 1.89. The van der Waals surface area contributed by atoms with Gasteiger partial charge < -0.3 is 5.11 Å². The van der Waals surface area contributed by atoms with Crippen LogP contribution in [0.25, 0.3) is 11.3 Å². The molecule has 0 bridgehead atoms. The maximum atomic E-state index is 9.75. The van der Waals surface area contributed by atoms with Gasteiger partial charge in [0.2, 0.25) is 0 Å². The van der Waals surface area contributed by atoms with Crippen LogP contribution in [0.1, 0.15) is 12.6 Å². The second-order valence-corrected chi connectivity index (χ2v) is 3.50. The van der Waals surface area contributed by atoms with Crippen LogP contribution in [0.15, 0.2) is 30.3 Å². The molecule has 0 aliphatic heterocycles. The van der Waals surface area contributed by atoms with E-state index in [1.165, 1.54) is 0 Å². The van der Waals surface area contributed by atoms with Crippen molar-refractivity contribution in [2.45, 2.75) is 20.4 Å². The lowest BCUT2D eigenvalue weighted by atomic mass is 10.1. The highest BCUT2D eigenvalue weighted by atomic mass is 16.3. The van der Waals surface area contributed by atoms with E-state index in [2.05, 4.69) is 5.10 Å². The number of aryl methyl sites for hydroxylation is 2. The van der Waals surface area contributed by atoms with Gasteiger partial charge in [-0.1, -0.05) is 12.1 Å². The van der Waals surface area contributed by atoms with Gasteiger partial charge in [-0.25, -0.2) is 0 Å². The molecule has 3 nitrogen and oxygen atoms in total. The van der Waals surface area contributed by atoms with E-state index in [4.69, 9.17) is 0 Å². The van der Waals surface area contributed by atoms with Crippen molar-refractivity contribution >= 4 is 0 Å². The van der Waals surface area contributed by atoms with Gasteiger partial charge in [0.05, 0.1) is 11.4 Å². The molecule has 1 heterocycles. The largest absolute Gasteiger partial charge is 0.507 e. The first kappa shape index (κ1) is 9.77. The number of phenolic OH excluding ortho intramolecular Hbond substituents is 1. The maximum Gasteiger partial charge on any atom is 0.124 e. The third-order valence-corrected chi connectivity index (χ3v) is 2.38. The monoisotopic (exact) mass is 202 g/mol. The molecule has 0 spiro atoms. The van der Waals surface area contributed by atoms with Gasteiger partial charge in [0.1, 0.15) is 5.75 Å². The van der Waals surface area contributed by atoms with E-state index in [0.29, 0.717) is 5.75 Å². The Morgan fingerprint density at radius 1 is 1.33 bits per heavy atom. The van der Waals surface area contributed by atoms with Crippen molar-refractivity contribution in [3.05, 3.63) is 36.0 Å². The predicted octanol–water partition coefficient (Wildman–Crippen LogP) is 2.58. The Labute approximate surface area is 89.0 Å². The van der Waals surface area contributed by atoms with Crippen molar-refractivity contribution in [2.24, 2.45) is 0 Å². The van der Waals surface area contributed by atoms with Crippen LogP contribution in [0.5, 0.6) is 5.75 Å². The molecular weight excluding hydrogens is 188 g/mol. The van der Waals surface area contributed by atoms with Crippen molar-refractivity contribution in [3.8, 4) is 17.0 Å². The Hall–Kier alpha value is -1.77. The zero-order valence-corrected chi connectivity index (χ0v) is 8.94. The van der Waals surface area contributed by atoms with Gasteiger partial charge in [-0.15, -0.1) is 0 Å². The predicted molar refractivity (Wildman–Crippen MR) is 59.7 cm³/mol. The summed E-state index contributed by atoms with van der Waals surface area (Å²) in [6, 6.07) is 9.31. The lowest BCUT2D eigenvalue weighted by Crippen LogP contribution is -1.99. The smallest absolute Gasteiger partial charge is 0.124 e. The number of benzene rings is 1. The highest BCUT2D eigenvalue weighted by molar-refractivity contribution is 5.67. The minimum absolute atomic E-state index is 0.298. The summed E-state index contributed by atoms with van der Waals surface area (Å²) in [7, 11) is 0. The van der Waals surface area contributed by atoms with Gasteiger partial charge in [-0.05, 0) is 32.0 Å². The van der Waals surface area contributed by atoms with Gasteiger partial charge >= 0.3 is 0 Å². The quantitative estimate of drug-likeness (QED) is 0.812. The Morgan fingerprint density at radius 3 is 2.73 bits per heavy atom. The first-order valence-electron chi connectivity index (χ1n) is 5.05. The normalized spacial score (nSPS) is 10.5. The molecular formula is C12H14N2O. The molecule has 0 unspecified atom stereocenters. The molecule has 3 heteroatoms. The summed E-state index contributed by atoms with van der Waals surface area (Å²) >= 11 is 0. The van der Waals surface area contributed by atoms with E-state index in [1.807, 2.05) is 42.8 Å². The minimum atomic E-state index is 0.298. The summed E-state index contributed by atoms with van der Waals surface area (Å²) in [5.74, 6) is 0.298. The van der Waals surface area contributed by atoms with Crippen LogP contribution in [0, 0.1) is 6.92 Å². The maximum absolute atomic E-state index is 9.75. The molecule has 0 amide bonds. The van der Waals surface area contributed by atoms with Crippen LogP contribution in [0.4, 0.5) is 0 Å². The number of aromatic nitrogens is 2. The summed E-state index contributed by atoms with van der Waals surface area (Å²) in [6.07, 6.45) is 0. The van der Waals surface area contributed by atoms with Gasteiger partial charge in [0.25, 0.3) is 0 Å². The van der Waals surface area contributed by atoms with Crippen LogP contribution in [-0.2, 0) is 6.54 Å². The Balaban J connectivity index is 2.58. The van der Waals surface area contributed by atoms with Gasteiger partial charge in [-0.3, -0.25) is 4.68 Å². The lowest BCUT2D eigenvalue weighted by molar-refractivity contribution is 0.476. The summed E-state index contributed by atoms with van der Waals surface area (Å²) in [5.41, 5.74) is 2.77. The average molecular weight is 202 g/mol. The van der Waals surface area contributed by atoms with E-state index < -0.39 is 0 Å². The molecule has 78 valence electrons. The lowest BCUT2D eigenvalue weighted by Gasteiger charge is -2.05. The zero-order valence-electron chi connectivity index (χ0n) is 8.94. The van der Waals surface area contributed by atoms with Gasteiger partial charge in [-0.2, -0.15) is 5.10 Å². The highest BCUT2D eigenvalue weighted by Gasteiger charge is 2.09. The summed E-state index contributed by atoms with van der Waals surface area (Å²) in [5, 5.41) is 14.1. The average Bonchev–Trinajstić information content (AvgIpc) is 2.60. The second-order valence-electron chi connectivity index (χ2n) is 3.50. The van der Waals surface area contributed by atoms with Crippen LogP contribution >= 0.6 is 0 Å². The number of hydrogen-bond donors (Lipinski definition) is 1. The Morgan fingerprint density at radius 2 is 2.07 bits per heavy atom. The van der Waals surface area contributed by atoms with Crippen LogP contribution in [0.3, 0.4) is 0 Å². The molecule has 1 aromatic carbocycles. The third-order valence-electron chi connectivity index (χ3n) is 2.38. The third kappa shape index (κ3) is 1.73. The summed E-state index contributed by atoms with van der Waals surface area (Å²) in [4.78, 5) is 0. The van der Waals surface area contributed by atoms with E-state index in [0.717, 1.165) is 23.5 Å². The van der Waals surface area contributed by atoms with Crippen molar-refractivity contribution < 1.29 is 5.11 Å². The number of phenols is 1. The fraction of sp³-hybridized carbons (Fsp3) is 0.250. The van der Waals surface area contributed by atoms with Crippen LogP contribution in [-0.4, -0.2) is 14.9 Å². The molecule has 0 aliphatic carbocycles. The molecule has 0 aliphatic rings. The Kier molecular flexibility index (Phi) is 2.46. The number of nitrogens with zero attached hydrogens (tertiary/aromatic N) is 2. The van der Waals surface area contributed by atoms with E-state index in [1.54, 1.807) is 6.07 Å². The second kappa shape index (κ2) is 3.77. The molecule has 15 heavy (non-hydrogen) atoms. The van der Waals surface area contributed by atoms with E-state index in [9.17, 15) is 5.11 Å². The van der Waals surface area contributed by atoms with Crippen molar-refractivity contribution in [2.75, 3.05) is 0 Å². The standard InChI is InChI=1S/C12H14N2O/c1-3-14-11(8-9(2)13-14)10-6-4-5-7-12(10)15/h4-8,15H,3H2,1-2H3. The number of aromatic hydroxyl groups is 1. The Bertz CT molecular complexity index is 474. The number of rotatable bonds is 2. The molecule has 0 saturated carbocycles. The van der Waals surface area contributed by atoms with Crippen LogP contribution < -0.4 is 0 Å². The molecule has 0 atom stereocenters. The fourth-order valence-corrected chi connectivity index (χ4v) is 1.69. The number of para-hydroxylation sites is 1. The van der Waals surface area contributed by atoms with Gasteiger partial charge in [0.15, 0.2) is 0 Å². The summed E-state index contributed by atoms with van der Waals surface area (Å²) in [6.45, 7) is 4.79. The zero-order chi connectivity index (χ0) is 10.8. The minimum Gasteiger partial charge on any atom is -0.507 e. The molecule has 2 rings (SSSR count). The van der Waals surface area contributed by atoms with E-state index >= 15 is 0 Å². The SMILES string of the molecule is CCn1nc(C)cc1-c1ccccc1O. The molecule has 0 radical (unpaired) electrons. The molecule has 0 saturated heterocycles.